The molecule has 2 amide bonds. The number of urea groups is 1. The van der Waals surface area contributed by atoms with Gasteiger partial charge in [0.05, 0.1) is 18.2 Å². The molecular weight excluding hydrogens is 220 g/mol. The maximum atomic E-state index is 11.5. The van der Waals surface area contributed by atoms with Crippen molar-refractivity contribution in [1.29, 1.82) is 0 Å². The first-order valence-electron chi connectivity index (χ1n) is 6.47. The van der Waals surface area contributed by atoms with E-state index < -0.39 is 0 Å². The number of aliphatic hydroxyl groups excluding tert-OH is 1. The zero-order valence-corrected chi connectivity index (χ0v) is 10.7. The van der Waals surface area contributed by atoms with Crippen LogP contribution in [0.15, 0.2) is 0 Å². The summed E-state index contributed by atoms with van der Waals surface area (Å²) in [5.41, 5.74) is 0. The Balaban J connectivity index is 2.11. The molecule has 1 aliphatic heterocycles. The van der Waals surface area contributed by atoms with E-state index in [9.17, 15) is 9.90 Å². The van der Waals surface area contributed by atoms with Crippen molar-refractivity contribution < 1.29 is 14.6 Å². The van der Waals surface area contributed by atoms with Gasteiger partial charge in [0.1, 0.15) is 0 Å². The Hall–Kier alpha value is -0.810. The smallest absolute Gasteiger partial charge is 0.315 e. The van der Waals surface area contributed by atoms with Crippen LogP contribution in [0.4, 0.5) is 4.79 Å². The second kappa shape index (κ2) is 7.50. The van der Waals surface area contributed by atoms with Crippen LogP contribution in [-0.2, 0) is 4.74 Å². The highest BCUT2D eigenvalue weighted by molar-refractivity contribution is 5.74. The minimum absolute atomic E-state index is 0.0357. The average Bonchev–Trinajstić information content (AvgIpc) is 2.82. The molecule has 1 aliphatic rings. The lowest BCUT2D eigenvalue weighted by Gasteiger charge is -2.20. The lowest BCUT2D eigenvalue weighted by atomic mass is 10.1. The Kier molecular flexibility index (Phi) is 6.29. The zero-order valence-electron chi connectivity index (χ0n) is 10.7. The molecule has 1 heterocycles. The highest BCUT2D eigenvalue weighted by Crippen LogP contribution is 2.15. The van der Waals surface area contributed by atoms with Gasteiger partial charge in [-0.25, -0.2) is 4.79 Å². The van der Waals surface area contributed by atoms with E-state index in [2.05, 4.69) is 10.6 Å². The molecule has 1 saturated heterocycles. The second-order valence-corrected chi connectivity index (χ2v) is 4.59. The summed E-state index contributed by atoms with van der Waals surface area (Å²) in [7, 11) is 0. The van der Waals surface area contributed by atoms with E-state index in [0.29, 0.717) is 13.0 Å². The van der Waals surface area contributed by atoms with E-state index in [1.165, 1.54) is 0 Å². The highest BCUT2D eigenvalue weighted by atomic mass is 16.5. The van der Waals surface area contributed by atoms with Crippen LogP contribution in [0.5, 0.6) is 0 Å². The van der Waals surface area contributed by atoms with Gasteiger partial charge in [0.25, 0.3) is 0 Å². The monoisotopic (exact) mass is 244 g/mol. The minimum atomic E-state index is -0.328. The van der Waals surface area contributed by atoms with Crippen molar-refractivity contribution in [2.24, 2.45) is 0 Å². The van der Waals surface area contributed by atoms with E-state index >= 15 is 0 Å². The van der Waals surface area contributed by atoms with Crippen molar-refractivity contribution in [3.8, 4) is 0 Å². The maximum Gasteiger partial charge on any atom is 0.315 e. The molecule has 0 bridgehead atoms. The number of amides is 2. The third-order valence-corrected chi connectivity index (χ3v) is 3.12. The van der Waals surface area contributed by atoms with Crippen molar-refractivity contribution in [3.63, 3.8) is 0 Å². The van der Waals surface area contributed by atoms with Gasteiger partial charge in [-0.15, -0.1) is 0 Å². The first-order valence-corrected chi connectivity index (χ1v) is 6.47. The van der Waals surface area contributed by atoms with E-state index in [1.807, 2.05) is 13.8 Å². The normalized spacial score (nSPS) is 23.1. The quantitative estimate of drug-likeness (QED) is 0.653. The molecule has 0 aromatic heterocycles. The molecule has 3 unspecified atom stereocenters. The van der Waals surface area contributed by atoms with Crippen LogP contribution >= 0.6 is 0 Å². The summed E-state index contributed by atoms with van der Waals surface area (Å²) in [6.07, 6.45) is 3.21. The first-order chi connectivity index (χ1) is 8.13. The van der Waals surface area contributed by atoms with Crippen LogP contribution in [0.1, 0.15) is 39.5 Å². The van der Waals surface area contributed by atoms with Crippen molar-refractivity contribution in [2.45, 2.75) is 57.8 Å². The molecule has 3 atom stereocenters. The van der Waals surface area contributed by atoms with Crippen LogP contribution in [0.2, 0.25) is 0 Å². The summed E-state index contributed by atoms with van der Waals surface area (Å²) in [5.74, 6) is 0. The van der Waals surface area contributed by atoms with Crippen LogP contribution in [0, 0.1) is 0 Å². The number of carbonyl (C=O) groups is 1. The highest BCUT2D eigenvalue weighted by Gasteiger charge is 2.23. The zero-order chi connectivity index (χ0) is 12.7. The third-order valence-electron chi connectivity index (χ3n) is 3.12. The molecule has 0 spiro atoms. The van der Waals surface area contributed by atoms with Crippen molar-refractivity contribution in [2.75, 3.05) is 13.2 Å². The number of nitrogens with one attached hydrogen (secondary N) is 2. The van der Waals surface area contributed by atoms with Gasteiger partial charge in [0.2, 0.25) is 0 Å². The van der Waals surface area contributed by atoms with Crippen LogP contribution < -0.4 is 10.6 Å². The Morgan fingerprint density at radius 3 is 2.94 bits per heavy atom. The van der Waals surface area contributed by atoms with Gasteiger partial charge in [-0.3, -0.25) is 0 Å². The van der Waals surface area contributed by atoms with Crippen LogP contribution in [0.25, 0.3) is 0 Å². The Labute approximate surface area is 103 Å². The van der Waals surface area contributed by atoms with E-state index in [4.69, 9.17) is 4.74 Å². The number of ether oxygens (including phenoxy) is 1. The second-order valence-electron chi connectivity index (χ2n) is 4.59. The maximum absolute atomic E-state index is 11.5. The lowest BCUT2D eigenvalue weighted by molar-refractivity contribution is 0.0859. The van der Waals surface area contributed by atoms with Crippen LogP contribution in [0.3, 0.4) is 0 Å². The predicted molar refractivity (Wildman–Crippen MR) is 65.9 cm³/mol. The summed E-state index contributed by atoms with van der Waals surface area (Å²) in [6, 6.07) is -0.148. The molecule has 5 heteroatoms. The van der Waals surface area contributed by atoms with Gasteiger partial charge in [-0.2, -0.15) is 0 Å². The predicted octanol–water partition coefficient (Wildman–Crippen LogP) is 1.01. The van der Waals surface area contributed by atoms with Gasteiger partial charge < -0.3 is 20.5 Å². The van der Waals surface area contributed by atoms with Crippen molar-refractivity contribution in [3.05, 3.63) is 0 Å². The molecule has 0 aliphatic carbocycles. The fourth-order valence-electron chi connectivity index (χ4n) is 1.90. The molecule has 17 heavy (non-hydrogen) atoms. The molecule has 0 aromatic rings. The number of hydrogen-bond donors (Lipinski definition) is 3. The van der Waals surface area contributed by atoms with Gasteiger partial charge in [-0.1, -0.05) is 6.92 Å². The SMILES string of the molecule is CCC(O)CCNC(=O)NC(C)C1CCCO1. The number of carbonyl (C=O) groups excluding carboxylic acids is 1. The summed E-state index contributed by atoms with van der Waals surface area (Å²) >= 11 is 0. The van der Waals surface area contributed by atoms with E-state index in [0.717, 1.165) is 25.9 Å². The summed E-state index contributed by atoms with van der Waals surface area (Å²) in [5, 5.41) is 14.9. The van der Waals surface area contributed by atoms with E-state index in [-0.39, 0.29) is 24.3 Å². The lowest BCUT2D eigenvalue weighted by Crippen LogP contribution is -2.46. The van der Waals surface area contributed by atoms with Gasteiger partial charge in [0.15, 0.2) is 0 Å². The van der Waals surface area contributed by atoms with Gasteiger partial charge in [-0.05, 0) is 32.6 Å². The molecule has 0 saturated carbocycles. The number of hydrogen-bond acceptors (Lipinski definition) is 3. The Morgan fingerprint density at radius 2 is 2.35 bits per heavy atom. The first kappa shape index (κ1) is 14.3. The van der Waals surface area contributed by atoms with E-state index in [1.54, 1.807) is 0 Å². The van der Waals surface area contributed by atoms with Crippen LogP contribution in [-0.4, -0.2) is 42.5 Å². The molecule has 1 rings (SSSR count). The number of rotatable bonds is 6. The molecule has 100 valence electrons. The van der Waals surface area contributed by atoms with Crippen molar-refractivity contribution >= 4 is 6.03 Å². The molecule has 3 N–H and O–H groups in total. The minimum Gasteiger partial charge on any atom is -0.393 e. The fourth-order valence-corrected chi connectivity index (χ4v) is 1.90. The summed E-state index contributed by atoms with van der Waals surface area (Å²) in [6.45, 7) is 5.17. The van der Waals surface area contributed by atoms with Gasteiger partial charge >= 0.3 is 6.03 Å². The summed E-state index contributed by atoms with van der Waals surface area (Å²) < 4.78 is 5.49. The molecule has 5 nitrogen and oxygen atoms in total. The summed E-state index contributed by atoms with van der Waals surface area (Å²) in [4.78, 5) is 11.5. The van der Waals surface area contributed by atoms with Gasteiger partial charge in [0, 0.05) is 13.2 Å². The Morgan fingerprint density at radius 1 is 1.59 bits per heavy atom. The fraction of sp³-hybridized carbons (Fsp3) is 0.917. The molecular formula is C12H24N2O3. The molecule has 0 aromatic carbocycles. The largest absolute Gasteiger partial charge is 0.393 e. The average molecular weight is 244 g/mol. The third kappa shape index (κ3) is 5.37. The topological polar surface area (TPSA) is 70.6 Å². The molecule has 0 radical (unpaired) electrons. The van der Waals surface area contributed by atoms with Crippen molar-refractivity contribution in [1.82, 2.24) is 10.6 Å². The Bertz CT molecular complexity index is 230. The molecule has 1 fully saturated rings. The standard InChI is InChI=1S/C12H24N2O3/c1-3-10(15)6-7-13-12(16)14-9(2)11-5-4-8-17-11/h9-11,15H,3-8H2,1-2H3,(H2,13,14,16). The number of aliphatic hydroxyl groups is 1.